The number of hydrogen-bond acceptors (Lipinski definition) is 4. The van der Waals surface area contributed by atoms with Gasteiger partial charge in [0.15, 0.2) is 0 Å². The first-order valence-electron chi connectivity index (χ1n) is 6.60. The monoisotopic (exact) mass is 249 g/mol. The Hall–Kier alpha value is -1.10. The van der Waals surface area contributed by atoms with Crippen LogP contribution in [0, 0.1) is 0 Å². The van der Waals surface area contributed by atoms with Gasteiger partial charge in [-0.2, -0.15) is 0 Å². The second kappa shape index (κ2) is 6.73. The maximum atomic E-state index is 5.67. The standard InChI is InChI=1S/C14H23N3O/c1-16(5-6-17-7-9-18-10-8-17)14-4-2-3-13(11-14)12-15/h2-4,11H,5-10,12,15H2,1H3. The Labute approximate surface area is 109 Å². The molecule has 0 bridgehead atoms. The fourth-order valence-corrected chi connectivity index (χ4v) is 2.17. The predicted molar refractivity (Wildman–Crippen MR) is 74.9 cm³/mol. The van der Waals surface area contributed by atoms with Crippen molar-refractivity contribution in [3.63, 3.8) is 0 Å². The van der Waals surface area contributed by atoms with Crippen LogP contribution in [-0.2, 0) is 11.3 Å². The maximum Gasteiger partial charge on any atom is 0.0594 e. The van der Waals surface area contributed by atoms with Gasteiger partial charge in [-0.05, 0) is 17.7 Å². The van der Waals surface area contributed by atoms with Crippen LogP contribution in [0.1, 0.15) is 5.56 Å². The highest BCUT2D eigenvalue weighted by molar-refractivity contribution is 5.47. The van der Waals surface area contributed by atoms with Gasteiger partial charge in [-0.15, -0.1) is 0 Å². The molecule has 1 aliphatic rings. The van der Waals surface area contributed by atoms with E-state index in [1.165, 1.54) is 11.3 Å². The summed E-state index contributed by atoms with van der Waals surface area (Å²) in [6.07, 6.45) is 0. The van der Waals surface area contributed by atoms with Gasteiger partial charge in [-0.3, -0.25) is 4.90 Å². The number of ether oxygens (including phenoxy) is 1. The van der Waals surface area contributed by atoms with Crippen LogP contribution in [-0.4, -0.2) is 51.3 Å². The van der Waals surface area contributed by atoms with Crippen molar-refractivity contribution >= 4 is 5.69 Å². The molecule has 1 aromatic rings. The van der Waals surface area contributed by atoms with E-state index in [0.717, 1.165) is 39.4 Å². The van der Waals surface area contributed by atoms with E-state index in [9.17, 15) is 0 Å². The van der Waals surface area contributed by atoms with Gasteiger partial charge in [-0.1, -0.05) is 12.1 Å². The minimum absolute atomic E-state index is 0.602. The minimum atomic E-state index is 0.602. The molecule has 1 aliphatic heterocycles. The molecule has 1 fully saturated rings. The highest BCUT2D eigenvalue weighted by Gasteiger charge is 2.11. The predicted octanol–water partition coefficient (Wildman–Crippen LogP) is 0.914. The summed E-state index contributed by atoms with van der Waals surface area (Å²) in [4.78, 5) is 4.74. The zero-order valence-electron chi connectivity index (χ0n) is 11.1. The molecular weight excluding hydrogens is 226 g/mol. The fraction of sp³-hybridized carbons (Fsp3) is 0.571. The quantitative estimate of drug-likeness (QED) is 0.842. The SMILES string of the molecule is CN(CCN1CCOCC1)c1cccc(CN)c1. The number of nitrogens with zero attached hydrogens (tertiary/aromatic N) is 2. The Kier molecular flexibility index (Phi) is 4.99. The number of likely N-dealkylation sites (N-methyl/N-ethyl adjacent to an activating group) is 1. The summed E-state index contributed by atoms with van der Waals surface area (Å²) in [7, 11) is 2.13. The summed E-state index contributed by atoms with van der Waals surface area (Å²) in [6, 6.07) is 8.44. The zero-order chi connectivity index (χ0) is 12.8. The van der Waals surface area contributed by atoms with Crippen LogP contribution < -0.4 is 10.6 Å². The Morgan fingerprint density at radius 3 is 2.83 bits per heavy atom. The van der Waals surface area contributed by atoms with Crippen molar-refractivity contribution in [1.29, 1.82) is 0 Å². The molecule has 100 valence electrons. The number of nitrogens with two attached hydrogens (primary N) is 1. The molecule has 0 aromatic heterocycles. The number of morpholine rings is 1. The molecule has 1 aromatic carbocycles. The topological polar surface area (TPSA) is 41.7 Å². The van der Waals surface area contributed by atoms with E-state index in [0.29, 0.717) is 6.54 Å². The number of hydrogen-bond donors (Lipinski definition) is 1. The molecule has 0 aliphatic carbocycles. The van der Waals surface area contributed by atoms with E-state index in [-0.39, 0.29) is 0 Å². The second-order valence-electron chi connectivity index (χ2n) is 4.75. The van der Waals surface area contributed by atoms with E-state index in [4.69, 9.17) is 10.5 Å². The normalized spacial score (nSPS) is 16.8. The first-order chi connectivity index (χ1) is 8.79. The van der Waals surface area contributed by atoms with Gasteiger partial charge in [0.25, 0.3) is 0 Å². The van der Waals surface area contributed by atoms with Crippen molar-refractivity contribution in [3.05, 3.63) is 29.8 Å². The van der Waals surface area contributed by atoms with Crippen LogP contribution in [0.2, 0.25) is 0 Å². The zero-order valence-corrected chi connectivity index (χ0v) is 11.1. The lowest BCUT2D eigenvalue weighted by Crippen LogP contribution is -2.40. The van der Waals surface area contributed by atoms with Crippen molar-refractivity contribution in [2.45, 2.75) is 6.54 Å². The van der Waals surface area contributed by atoms with Gasteiger partial charge < -0.3 is 15.4 Å². The third kappa shape index (κ3) is 3.70. The number of anilines is 1. The molecule has 4 heteroatoms. The fourth-order valence-electron chi connectivity index (χ4n) is 2.17. The molecule has 2 rings (SSSR count). The molecule has 0 amide bonds. The summed E-state index contributed by atoms with van der Waals surface area (Å²) in [5, 5.41) is 0. The van der Waals surface area contributed by atoms with Crippen LogP contribution in [0.3, 0.4) is 0 Å². The maximum absolute atomic E-state index is 5.67. The van der Waals surface area contributed by atoms with E-state index in [1.807, 2.05) is 0 Å². The van der Waals surface area contributed by atoms with Crippen LogP contribution in [0.15, 0.2) is 24.3 Å². The highest BCUT2D eigenvalue weighted by Crippen LogP contribution is 2.14. The second-order valence-corrected chi connectivity index (χ2v) is 4.75. The molecule has 2 N–H and O–H groups in total. The third-order valence-electron chi connectivity index (χ3n) is 3.44. The summed E-state index contributed by atoms with van der Waals surface area (Å²) in [5.74, 6) is 0. The van der Waals surface area contributed by atoms with E-state index in [1.54, 1.807) is 0 Å². The third-order valence-corrected chi connectivity index (χ3v) is 3.44. The van der Waals surface area contributed by atoms with Crippen LogP contribution in [0.4, 0.5) is 5.69 Å². The lowest BCUT2D eigenvalue weighted by Gasteiger charge is -2.29. The molecule has 0 spiro atoms. The molecule has 0 atom stereocenters. The van der Waals surface area contributed by atoms with Crippen molar-refractivity contribution in [2.24, 2.45) is 5.73 Å². The van der Waals surface area contributed by atoms with Gasteiger partial charge in [0, 0.05) is 45.5 Å². The number of benzene rings is 1. The Morgan fingerprint density at radius 1 is 1.33 bits per heavy atom. The molecule has 18 heavy (non-hydrogen) atoms. The molecule has 1 saturated heterocycles. The van der Waals surface area contributed by atoms with Crippen molar-refractivity contribution in [1.82, 2.24) is 4.90 Å². The van der Waals surface area contributed by atoms with Crippen LogP contribution in [0.25, 0.3) is 0 Å². The van der Waals surface area contributed by atoms with Gasteiger partial charge in [-0.25, -0.2) is 0 Å². The van der Waals surface area contributed by atoms with Crippen LogP contribution in [0.5, 0.6) is 0 Å². The lowest BCUT2D eigenvalue weighted by molar-refractivity contribution is 0.0393. The first-order valence-corrected chi connectivity index (χ1v) is 6.60. The summed E-state index contributed by atoms with van der Waals surface area (Å²) in [6.45, 7) is 6.57. The van der Waals surface area contributed by atoms with Crippen molar-refractivity contribution < 1.29 is 4.74 Å². The average Bonchev–Trinajstić information content (AvgIpc) is 2.46. The highest BCUT2D eigenvalue weighted by atomic mass is 16.5. The first kappa shape index (κ1) is 13.3. The van der Waals surface area contributed by atoms with E-state index in [2.05, 4.69) is 41.1 Å². The Balaban J connectivity index is 1.84. The average molecular weight is 249 g/mol. The molecule has 4 nitrogen and oxygen atoms in total. The molecule has 0 unspecified atom stereocenters. The largest absolute Gasteiger partial charge is 0.379 e. The minimum Gasteiger partial charge on any atom is -0.379 e. The molecule has 1 heterocycles. The van der Waals surface area contributed by atoms with Crippen LogP contribution >= 0.6 is 0 Å². The van der Waals surface area contributed by atoms with Gasteiger partial charge in [0.2, 0.25) is 0 Å². The summed E-state index contributed by atoms with van der Waals surface area (Å²) >= 11 is 0. The van der Waals surface area contributed by atoms with E-state index >= 15 is 0 Å². The van der Waals surface area contributed by atoms with Gasteiger partial charge >= 0.3 is 0 Å². The summed E-state index contributed by atoms with van der Waals surface area (Å²) < 4.78 is 5.35. The number of rotatable bonds is 5. The van der Waals surface area contributed by atoms with Gasteiger partial charge in [0.05, 0.1) is 13.2 Å². The van der Waals surface area contributed by atoms with Crippen molar-refractivity contribution in [3.8, 4) is 0 Å². The lowest BCUT2D eigenvalue weighted by atomic mass is 10.2. The molecule has 0 saturated carbocycles. The summed E-state index contributed by atoms with van der Waals surface area (Å²) in [5.41, 5.74) is 8.10. The Morgan fingerprint density at radius 2 is 2.11 bits per heavy atom. The molecular formula is C14H23N3O. The van der Waals surface area contributed by atoms with Gasteiger partial charge in [0.1, 0.15) is 0 Å². The van der Waals surface area contributed by atoms with E-state index < -0.39 is 0 Å². The van der Waals surface area contributed by atoms with Crippen molar-refractivity contribution in [2.75, 3.05) is 51.3 Å². The molecule has 0 radical (unpaired) electrons. The Bertz CT molecular complexity index is 364. The smallest absolute Gasteiger partial charge is 0.0594 e.